The number of guanidine groups is 1. The van der Waals surface area contributed by atoms with Crippen molar-refractivity contribution in [3.05, 3.63) is 70.5 Å². The summed E-state index contributed by atoms with van der Waals surface area (Å²) in [6.45, 7) is 0. The Morgan fingerprint density at radius 1 is 1.19 bits per heavy atom. The summed E-state index contributed by atoms with van der Waals surface area (Å²) >= 11 is 6.24. The molecule has 3 nitrogen and oxygen atoms in total. The minimum atomic E-state index is -0.269. The first-order valence-corrected chi connectivity index (χ1v) is 7.11. The van der Waals surface area contributed by atoms with Crippen molar-refractivity contribution in [2.75, 3.05) is 0 Å². The minimum Gasteiger partial charge on any atom is -0.370 e. The highest BCUT2D eigenvalue weighted by molar-refractivity contribution is 6.31. The van der Waals surface area contributed by atoms with Crippen molar-refractivity contribution in [3.8, 4) is 0 Å². The number of nitrogens with two attached hydrogens (primary N) is 1. The normalized spacial score (nSPS) is 21.5. The Bertz CT molecular complexity index is 687. The van der Waals surface area contributed by atoms with Gasteiger partial charge in [0, 0.05) is 5.02 Å². The van der Waals surface area contributed by atoms with Gasteiger partial charge in [0.1, 0.15) is 5.82 Å². The minimum absolute atomic E-state index is 0.0375. The maximum Gasteiger partial charge on any atom is 0.189 e. The Hall–Kier alpha value is -2.07. The highest BCUT2D eigenvalue weighted by Gasteiger charge is 2.25. The zero-order chi connectivity index (χ0) is 14.8. The molecule has 0 radical (unpaired) electrons. The van der Waals surface area contributed by atoms with Gasteiger partial charge in [0.2, 0.25) is 0 Å². The van der Waals surface area contributed by atoms with Gasteiger partial charge in [0.25, 0.3) is 0 Å². The van der Waals surface area contributed by atoms with Gasteiger partial charge in [-0.15, -0.1) is 0 Å². The smallest absolute Gasteiger partial charge is 0.189 e. The molecule has 2 atom stereocenters. The van der Waals surface area contributed by atoms with E-state index >= 15 is 0 Å². The molecule has 2 aromatic rings. The van der Waals surface area contributed by atoms with Gasteiger partial charge >= 0.3 is 0 Å². The summed E-state index contributed by atoms with van der Waals surface area (Å²) in [6.07, 6.45) is 0.674. The molecule has 1 aliphatic heterocycles. The van der Waals surface area contributed by atoms with Gasteiger partial charge < -0.3 is 11.1 Å². The number of nitrogens with one attached hydrogen (secondary N) is 1. The summed E-state index contributed by atoms with van der Waals surface area (Å²) in [5.74, 6) is 0.0783. The van der Waals surface area contributed by atoms with E-state index in [9.17, 15) is 4.39 Å². The molecule has 5 heteroatoms. The number of hydrogen-bond donors (Lipinski definition) is 2. The van der Waals surface area contributed by atoms with Crippen LogP contribution in [0.3, 0.4) is 0 Å². The average Bonchev–Trinajstić information content (AvgIpc) is 2.47. The Morgan fingerprint density at radius 2 is 2.00 bits per heavy atom. The van der Waals surface area contributed by atoms with Gasteiger partial charge in [-0.2, -0.15) is 0 Å². The predicted molar refractivity (Wildman–Crippen MR) is 82.7 cm³/mol. The van der Waals surface area contributed by atoms with Crippen LogP contribution < -0.4 is 11.1 Å². The van der Waals surface area contributed by atoms with Crippen molar-refractivity contribution in [2.24, 2.45) is 10.7 Å². The quantitative estimate of drug-likeness (QED) is 0.891. The molecular formula is C16H15ClFN3. The third-order valence-electron chi connectivity index (χ3n) is 3.59. The molecule has 0 amide bonds. The molecule has 1 aliphatic rings. The van der Waals surface area contributed by atoms with Crippen molar-refractivity contribution < 1.29 is 4.39 Å². The number of halogens is 2. The van der Waals surface area contributed by atoms with Gasteiger partial charge in [0.05, 0.1) is 12.1 Å². The highest BCUT2D eigenvalue weighted by Crippen LogP contribution is 2.34. The maximum atomic E-state index is 13.4. The standard InChI is InChI=1S/C16H15ClFN3/c17-13-7-2-1-6-12(13)15-9-14(20-16(19)21-15)10-4-3-5-11(18)8-10/h1-8,14-15H,9H2,(H3,19,20,21). The van der Waals surface area contributed by atoms with E-state index < -0.39 is 0 Å². The number of rotatable bonds is 2. The van der Waals surface area contributed by atoms with Crippen molar-refractivity contribution in [1.82, 2.24) is 5.32 Å². The van der Waals surface area contributed by atoms with E-state index in [1.165, 1.54) is 12.1 Å². The molecule has 0 bridgehead atoms. The van der Waals surface area contributed by atoms with E-state index in [4.69, 9.17) is 17.3 Å². The first kappa shape index (κ1) is 13.9. The summed E-state index contributed by atoms with van der Waals surface area (Å²) < 4.78 is 13.4. The number of aliphatic imine (C=N–C) groups is 1. The molecule has 0 saturated carbocycles. The Labute approximate surface area is 127 Å². The number of benzene rings is 2. The fraction of sp³-hybridized carbons (Fsp3) is 0.188. The van der Waals surface area contributed by atoms with Crippen LogP contribution in [-0.2, 0) is 0 Å². The fourth-order valence-electron chi connectivity index (χ4n) is 2.61. The summed E-state index contributed by atoms with van der Waals surface area (Å²) in [6, 6.07) is 13.9. The second-order valence-corrected chi connectivity index (χ2v) is 5.45. The van der Waals surface area contributed by atoms with Crippen molar-refractivity contribution in [2.45, 2.75) is 18.5 Å². The van der Waals surface area contributed by atoms with E-state index in [-0.39, 0.29) is 17.9 Å². The van der Waals surface area contributed by atoms with Crippen LogP contribution in [-0.4, -0.2) is 5.96 Å². The second-order valence-electron chi connectivity index (χ2n) is 5.04. The Balaban J connectivity index is 1.92. The van der Waals surface area contributed by atoms with E-state index in [1.54, 1.807) is 6.07 Å². The van der Waals surface area contributed by atoms with Gasteiger partial charge in [-0.05, 0) is 35.7 Å². The first-order chi connectivity index (χ1) is 10.1. The number of nitrogens with zero attached hydrogens (tertiary/aromatic N) is 1. The lowest BCUT2D eigenvalue weighted by Gasteiger charge is -2.29. The monoisotopic (exact) mass is 303 g/mol. The van der Waals surface area contributed by atoms with E-state index in [1.807, 2.05) is 30.3 Å². The first-order valence-electron chi connectivity index (χ1n) is 6.73. The third-order valence-corrected chi connectivity index (χ3v) is 3.93. The second kappa shape index (κ2) is 5.74. The van der Waals surface area contributed by atoms with E-state index in [2.05, 4.69) is 10.3 Å². The summed E-state index contributed by atoms with van der Waals surface area (Å²) in [5.41, 5.74) is 7.67. The molecule has 0 aromatic heterocycles. The van der Waals surface area contributed by atoms with Gasteiger partial charge in [-0.1, -0.05) is 41.9 Å². The van der Waals surface area contributed by atoms with E-state index in [0.29, 0.717) is 17.4 Å². The molecule has 3 N–H and O–H groups in total. The third kappa shape index (κ3) is 3.00. The van der Waals surface area contributed by atoms with Crippen molar-refractivity contribution in [1.29, 1.82) is 0 Å². The van der Waals surface area contributed by atoms with Crippen LogP contribution in [0.1, 0.15) is 29.6 Å². The lowest BCUT2D eigenvalue weighted by molar-refractivity contribution is 0.485. The summed E-state index contributed by atoms with van der Waals surface area (Å²) in [7, 11) is 0. The fourth-order valence-corrected chi connectivity index (χ4v) is 2.87. The zero-order valence-corrected chi connectivity index (χ0v) is 12.0. The van der Waals surface area contributed by atoms with Crippen LogP contribution in [0.15, 0.2) is 53.5 Å². The van der Waals surface area contributed by atoms with Crippen LogP contribution in [0.4, 0.5) is 4.39 Å². The largest absolute Gasteiger partial charge is 0.370 e. The molecule has 2 unspecified atom stereocenters. The molecule has 2 aromatic carbocycles. The zero-order valence-electron chi connectivity index (χ0n) is 11.3. The molecule has 1 heterocycles. The molecule has 3 rings (SSSR count). The van der Waals surface area contributed by atoms with Crippen LogP contribution in [0.2, 0.25) is 5.02 Å². The van der Waals surface area contributed by atoms with Crippen LogP contribution in [0.5, 0.6) is 0 Å². The highest BCUT2D eigenvalue weighted by atomic mass is 35.5. The lowest BCUT2D eigenvalue weighted by atomic mass is 9.94. The molecule has 0 aliphatic carbocycles. The van der Waals surface area contributed by atoms with E-state index in [0.717, 1.165) is 11.1 Å². The van der Waals surface area contributed by atoms with Crippen LogP contribution in [0.25, 0.3) is 0 Å². The Kier molecular flexibility index (Phi) is 3.80. The predicted octanol–water partition coefficient (Wildman–Crippen LogP) is 3.57. The van der Waals surface area contributed by atoms with Gasteiger partial charge in [0.15, 0.2) is 5.96 Å². The van der Waals surface area contributed by atoms with Crippen molar-refractivity contribution in [3.63, 3.8) is 0 Å². The SMILES string of the molecule is NC1=NC(c2cccc(F)c2)CC(c2ccccc2Cl)N1. The Morgan fingerprint density at radius 3 is 2.76 bits per heavy atom. The van der Waals surface area contributed by atoms with Crippen LogP contribution >= 0.6 is 11.6 Å². The molecule has 0 saturated heterocycles. The van der Waals surface area contributed by atoms with Gasteiger partial charge in [-0.25, -0.2) is 9.38 Å². The molecule has 21 heavy (non-hydrogen) atoms. The van der Waals surface area contributed by atoms with Gasteiger partial charge in [-0.3, -0.25) is 0 Å². The van der Waals surface area contributed by atoms with Crippen molar-refractivity contribution >= 4 is 17.6 Å². The average molecular weight is 304 g/mol. The molecule has 0 fully saturated rings. The summed E-state index contributed by atoms with van der Waals surface area (Å²) in [4.78, 5) is 4.37. The lowest BCUT2D eigenvalue weighted by Crippen LogP contribution is -2.39. The molecular weight excluding hydrogens is 289 g/mol. The number of hydrogen-bond acceptors (Lipinski definition) is 3. The molecule has 108 valence electrons. The van der Waals surface area contributed by atoms with Crippen LogP contribution in [0, 0.1) is 5.82 Å². The maximum absolute atomic E-state index is 13.4. The molecule has 0 spiro atoms. The topological polar surface area (TPSA) is 50.4 Å². The summed E-state index contributed by atoms with van der Waals surface area (Å²) in [5, 5.41) is 3.82.